The van der Waals surface area contributed by atoms with Gasteiger partial charge in [0.15, 0.2) is 0 Å². The second-order valence-corrected chi connectivity index (χ2v) is 5.42. The SMILES string of the molecule is O=C(O)C1(c2ccc(Cl)cc2)CC2CCC1N2. The molecule has 2 bridgehead atoms. The smallest absolute Gasteiger partial charge is 0.315 e. The number of carbonyl (C=O) groups is 1. The first-order valence-electron chi connectivity index (χ1n) is 5.88. The van der Waals surface area contributed by atoms with Gasteiger partial charge in [-0.25, -0.2) is 0 Å². The largest absolute Gasteiger partial charge is 0.481 e. The van der Waals surface area contributed by atoms with Crippen LogP contribution in [0.3, 0.4) is 0 Å². The maximum absolute atomic E-state index is 11.7. The van der Waals surface area contributed by atoms with Crippen molar-refractivity contribution in [2.45, 2.75) is 36.8 Å². The van der Waals surface area contributed by atoms with E-state index in [4.69, 9.17) is 11.6 Å². The Kier molecular flexibility index (Phi) is 2.42. The van der Waals surface area contributed by atoms with E-state index in [1.165, 1.54) is 0 Å². The number of hydrogen-bond donors (Lipinski definition) is 2. The molecule has 90 valence electrons. The van der Waals surface area contributed by atoms with Crippen molar-refractivity contribution in [3.63, 3.8) is 0 Å². The zero-order valence-electron chi connectivity index (χ0n) is 9.32. The van der Waals surface area contributed by atoms with Crippen molar-refractivity contribution >= 4 is 17.6 Å². The summed E-state index contributed by atoms with van der Waals surface area (Å²) >= 11 is 5.86. The highest BCUT2D eigenvalue weighted by Gasteiger charge is 2.56. The normalized spacial score (nSPS) is 35.1. The Morgan fingerprint density at radius 3 is 2.53 bits per heavy atom. The molecule has 4 heteroatoms. The van der Waals surface area contributed by atoms with E-state index < -0.39 is 11.4 Å². The molecule has 0 saturated carbocycles. The summed E-state index contributed by atoms with van der Waals surface area (Å²) in [7, 11) is 0. The molecule has 2 N–H and O–H groups in total. The molecule has 2 fully saturated rings. The van der Waals surface area contributed by atoms with Crippen LogP contribution in [-0.2, 0) is 10.2 Å². The lowest BCUT2D eigenvalue weighted by Crippen LogP contribution is -2.46. The molecule has 2 heterocycles. The van der Waals surface area contributed by atoms with Gasteiger partial charge < -0.3 is 10.4 Å². The number of halogens is 1. The summed E-state index contributed by atoms with van der Waals surface area (Å²) in [5.41, 5.74) is 0.113. The summed E-state index contributed by atoms with van der Waals surface area (Å²) in [6, 6.07) is 7.65. The van der Waals surface area contributed by atoms with E-state index in [2.05, 4.69) is 5.32 Å². The second kappa shape index (κ2) is 3.72. The number of nitrogens with one attached hydrogen (secondary N) is 1. The fourth-order valence-electron chi connectivity index (χ4n) is 3.33. The molecular weight excluding hydrogens is 238 g/mol. The summed E-state index contributed by atoms with van der Waals surface area (Å²) in [6.07, 6.45) is 2.72. The Bertz CT molecular complexity index is 459. The van der Waals surface area contributed by atoms with Crippen LogP contribution >= 0.6 is 11.6 Å². The van der Waals surface area contributed by atoms with Crippen LogP contribution in [0.2, 0.25) is 5.02 Å². The summed E-state index contributed by atoms with van der Waals surface area (Å²) in [5, 5.41) is 13.7. The molecule has 1 aromatic rings. The fraction of sp³-hybridized carbons (Fsp3) is 0.462. The minimum Gasteiger partial charge on any atom is -0.481 e. The third-order valence-corrected chi connectivity index (χ3v) is 4.40. The van der Waals surface area contributed by atoms with Crippen molar-refractivity contribution < 1.29 is 9.90 Å². The zero-order valence-corrected chi connectivity index (χ0v) is 10.1. The molecule has 2 saturated heterocycles. The molecule has 0 aliphatic carbocycles. The van der Waals surface area contributed by atoms with Crippen molar-refractivity contribution in [2.75, 3.05) is 0 Å². The molecule has 3 atom stereocenters. The predicted octanol–water partition coefficient (Wildman–Crippen LogP) is 2.19. The number of aliphatic carboxylic acids is 1. The van der Waals surface area contributed by atoms with Crippen LogP contribution in [0.1, 0.15) is 24.8 Å². The first kappa shape index (κ1) is 11.1. The van der Waals surface area contributed by atoms with E-state index in [9.17, 15) is 9.90 Å². The topological polar surface area (TPSA) is 49.3 Å². The summed E-state index contributed by atoms with van der Waals surface area (Å²) in [6.45, 7) is 0. The van der Waals surface area contributed by atoms with Gasteiger partial charge in [0.1, 0.15) is 5.41 Å². The Morgan fingerprint density at radius 2 is 2.06 bits per heavy atom. The number of benzene rings is 1. The highest BCUT2D eigenvalue weighted by Crippen LogP contribution is 2.45. The number of rotatable bonds is 2. The Hall–Kier alpha value is -1.06. The monoisotopic (exact) mass is 251 g/mol. The molecule has 2 aliphatic heterocycles. The maximum Gasteiger partial charge on any atom is 0.315 e. The average molecular weight is 252 g/mol. The van der Waals surface area contributed by atoms with Gasteiger partial charge in [0.2, 0.25) is 0 Å². The molecule has 2 aliphatic rings. The maximum atomic E-state index is 11.7. The van der Waals surface area contributed by atoms with Crippen LogP contribution < -0.4 is 5.32 Å². The van der Waals surface area contributed by atoms with Gasteiger partial charge in [0.05, 0.1) is 0 Å². The molecular formula is C13H14ClNO2. The number of carboxylic acid groups (broad SMARTS) is 1. The summed E-state index contributed by atoms with van der Waals surface area (Å²) < 4.78 is 0. The van der Waals surface area contributed by atoms with Gasteiger partial charge in [-0.05, 0) is 37.0 Å². The van der Waals surface area contributed by atoms with E-state index in [1.807, 2.05) is 12.1 Å². The Labute approximate surface area is 105 Å². The van der Waals surface area contributed by atoms with Crippen molar-refractivity contribution in [1.29, 1.82) is 0 Å². The second-order valence-electron chi connectivity index (χ2n) is 4.98. The van der Waals surface area contributed by atoms with Gasteiger partial charge in [0, 0.05) is 17.1 Å². The van der Waals surface area contributed by atoms with Gasteiger partial charge in [0.25, 0.3) is 0 Å². The van der Waals surface area contributed by atoms with Gasteiger partial charge >= 0.3 is 5.97 Å². The van der Waals surface area contributed by atoms with E-state index in [1.54, 1.807) is 12.1 Å². The fourth-order valence-corrected chi connectivity index (χ4v) is 3.45. The number of hydrogen-bond acceptors (Lipinski definition) is 2. The third-order valence-electron chi connectivity index (χ3n) is 4.14. The van der Waals surface area contributed by atoms with E-state index in [0.717, 1.165) is 18.4 Å². The van der Waals surface area contributed by atoms with Crippen LogP contribution in [0.5, 0.6) is 0 Å². The molecule has 3 rings (SSSR count). The van der Waals surface area contributed by atoms with E-state index in [0.29, 0.717) is 17.5 Å². The lowest BCUT2D eigenvalue weighted by atomic mass is 9.69. The van der Waals surface area contributed by atoms with Crippen LogP contribution in [0.4, 0.5) is 0 Å². The average Bonchev–Trinajstić information content (AvgIpc) is 2.90. The highest BCUT2D eigenvalue weighted by atomic mass is 35.5. The first-order chi connectivity index (χ1) is 8.13. The standard InChI is InChI=1S/C13H14ClNO2/c14-9-3-1-8(2-4-9)13(12(16)17)7-10-5-6-11(13)15-10/h1-4,10-11,15H,5-7H2,(H,16,17). The van der Waals surface area contributed by atoms with Crippen LogP contribution in [-0.4, -0.2) is 23.2 Å². The van der Waals surface area contributed by atoms with Gasteiger partial charge in [-0.15, -0.1) is 0 Å². The van der Waals surface area contributed by atoms with Crippen LogP contribution in [0, 0.1) is 0 Å². The molecule has 17 heavy (non-hydrogen) atoms. The van der Waals surface area contributed by atoms with Crippen molar-refractivity contribution in [1.82, 2.24) is 5.32 Å². The minimum atomic E-state index is -0.756. The lowest BCUT2D eigenvalue weighted by molar-refractivity contribution is -0.144. The summed E-state index contributed by atoms with van der Waals surface area (Å²) in [4.78, 5) is 11.7. The molecule has 0 spiro atoms. The van der Waals surface area contributed by atoms with Gasteiger partial charge in [-0.3, -0.25) is 4.79 Å². The van der Waals surface area contributed by atoms with Crippen molar-refractivity contribution in [3.8, 4) is 0 Å². The molecule has 1 aromatic carbocycles. The lowest BCUT2D eigenvalue weighted by Gasteiger charge is -2.32. The number of carboxylic acids is 1. The molecule has 0 amide bonds. The van der Waals surface area contributed by atoms with Crippen molar-refractivity contribution in [3.05, 3.63) is 34.9 Å². The van der Waals surface area contributed by atoms with Crippen molar-refractivity contribution in [2.24, 2.45) is 0 Å². The minimum absolute atomic E-state index is 0.0613. The molecule has 0 aromatic heterocycles. The Balaban J connectivity index is 2.07. The third kappa shape index (κ3) is 1.49. The predicted molar refractivity (Wildman–Crippen MR) is 65.3 cm³/mol. The zero-order chi connectivity index (χ0) is 12.0. The van der Waals surface area contributed by atoms with E-state index >= 15 is 0 Å². The molecule has 3 unspecified atom stereocenters. The summed E-state index contributed by atoms with van der Waals surface area (Å²) in [5.74, 6) is -0.723. The van der Waals surface area contributed by atoms with Gasteiger partial charge in [-0.2, -0.15) is 0 Å². The highest BCUT2D eigenvalue weighted by molar-refractivity contribution is 6.30. The van der Waals surface area contributed by atoms with Crippen LogP contribution in [0.15, 0.2) is 24.3 Å². The first-order valence-corrected chi connectivity index (χ1v) is 6.26. The van der Waals surface area contributed by atoms with Crippen LogP contribution in [0.25, 0.3) is 0 Å². The molecule has 3 nitrogen and oxygen atoms in total. The Morgan fingerprint density at radius 1 is 1.35 bits per heavy atom. The van der Waals surface area contributed by atoms with Gasteiger partial charge in [-0.1, -0.05) is 23.7 Å². The molecule has 0 radical (unpaired) electrons. The quantitative estimate of drug-likeness (QED) is 0.847. The number of fused-ring (bicyclic) bond motifs is 2. The van der Waals surface area contributed by atoms with E-state index in [-0.39, 0.29) is 6.04 Å².